The van der Waals surface area contributed by atoms with Crippen molar-refractivity contribution in [1.29, 1.82) is 0 Å². The first-order valence-corrected chi connectivity index (χ1v) is 5.43. The van der Waals surface area contributed by atoms with Crippen LogP contribution in [0.4, 0.5) is 0 Å². The molecule has 0 aromatic heterocycles. The molecule has 0 bridgehead atoms. The highest BCUT2D eigenvalue weighted by atomic mass is 16.4. The minimum absolute atomic E-state index is 0.313. The first-order chi connectivity index (χ1) is 8.50. The van der Waals surface area contributed by atoms with Gasteiger partial charge in [0.2, 0.25) is 5.91 Å². The van der Waals surface area contributed by atoms with Gasteiger partial charge >= 0.3 is 5.97 Å². The summed E-state index contributed by atoms with van der Waals surface area (Å²) in [4.78, 5) is 21.7. The molecule has 1 atom stereocenters. The van der Waals surface area contributed by atoms with Crippen LogP contribution in [0, 0.1) is 6.92 Å². The van der Waals surface area contributed by atoms with Gasteiger partial charge in [0, 0.05) is 6.08 Å². The summed E-state index contributed by atoms with van der Waals surface area (Å²) in [6.07, 6.45) is 1.36. The van der Waals surface area contributed by atoms with Crippen molar-refractivity contribution < 1.29 is 19.8 Å². The number of rotatable bonds is 5. The Kier molecular flexibility index (Phi) is 5.07. The fourth-order valence-corrected chi connectivity index (χ4v) is 1.28. The summed E-state index contributed by atoms with van der Waals surface area (Å²) in [6.45, 7) is 1.61. The summed E-state index contributed by atoms with van der Waals surface area (Å²) in [5, 5.41) is 19.7. The molecular weight excluding hydrogens is 234 g/mol. The van der Waals surface area contributed by atoms with Crippen LogP contribution in [0.3, 0.4) is 0 Å². The first-order valence-electron chi connectivity index (χ1n) is 5.43. The lowest BCUT2D eigenvalue weighted by atomic mass is 10.1. The average Bonchev–Trinajstić information content (AvgIpc) is 2.34. The predicted octanol–water partition coefficient (Wildman–Crippen LogP) is 0.570. The Hall–Kier alpha value is -2.14. The molecule has 0 aliphatic rings. The second-order valence-corrected chi connectivity index (χ2v) is 3.79. The van der Waals surface area contributed by atoms with E-state index in [4.69, 9.17) is 10.2 Å². The number of aryl methyl sites for hydroxylation is 1. The summed E-state index contributed by atoms with van der Waals surface area (Å²) < 4.78 is 0. The van der Waals surface area contributed by atoms with Gasteiger partial charge in [0.15, 0.2) is 6.10 Å². The fraction of sp³-hybridized carbons (Fsp3) is 0.231. The van der Waals surface area contributed by atoms with E-state index in [0.717, 1.165) is 11.1 Å². The summed E-state index contributed by atoms with van der Waals surface area (Å²) in [5.41, 5.74) is 1.94. The van der Waals surface area contributed by atoms with Gasteiger partial charge in [-0.05, 0) is 24.1 Å². The number of carboxylic acids is 1. The quantitative estimate of drug-likeness (QED) is 0.666. The molecule has 0 saturated carbocycles. The normalized spacial score (nSPS) is 12.3. The lowest BCUT2D eigenvalue weighted by molar-refractivity contribution is -0.146. The van der Waals surface area contributed by atoms with Gasteiger partial charge in [0.1, 0.15) is 0 Å². The number of aliphatic carboxylic acids is 1. The Morgan fingerprint density at radius 1 is 1.39 bits per heavy atom. The number of carbonyl (C=O) groups is 2. The SMILES string of the molecule is Cc1ccccc1/C=C/C(=O)NC[C@H](O)C(=O)O. The fourth-order valence-electron chi connectivity index (χ4n) is 1.28. The van der Waals surface area contributed by atoms with Crippen LogP contribution in [0.1, 0.15) is 11.1 Å². The largest absolute Gasteiger partial charge is 0.479 e. The molecule has 0 spiro atoms. The molecule has 0 heterocycles. The van der Waals surface area contributed by atoms with Gasteiger partial charge in [0.25, 0.3) is 0 Å². The third-order valence-corrected chi connectivity index (χ3v) is 2.36. The topological polar surface area (TPSA) is 86.6 Å². The molecule has 96 valence electrons. The van der Waals surface area contributed by atoms with Gasteiger partial charge in [-0.3, -0.25) is 4.79 Å². The Labute approximate surface area is 105 Å². The van der Waals surface area contributed by atoms with Crippen molar-refractivity contribution in [3.8, 4) is 0 Å². The molecule has 1 aromatic carbocycles. The Balaban J connectivity index is 2.50. The van der Waals surface area contributed by atoms with Crippen LogP contribution in [0.15, 0.2) is 30.3 Å². The maximum atomic E-state index is 11.4. The number of benzene rings is 1. The maximum Gasteiger partial charge on any atom is 0.334 e. The summed E-state index contributed by atoms with van der Waals surface area (Å²) in [6, 6.07) is 7.55. The zero-order valence-corrected chi connectivity index (χ0v) is 9.96. The molecule has 5 nitrogen and oxygen atoms in total. The third-order valence-electron chi connectivity index (χ3n) is 2.36. The minimum Gasteiger partial charge on any atom is -0.479 e. The van der Waals surface area contributed by atoms with E-state index in [9.17, 15) is 9.59 Å². The predicted molar refractivity (Wildman–Crippen MR) is 66.9 cm³/mol. The number of amides is 1. The molecule has 3 N–H and O–H groups in total. The molecule has 1 aromatic rings. The molecule has 18 heavy (non-hydrogen) atoms. The monoisotopic (exact) mass is 249 g/mol. The second kappa shape index (κ2) is 6.56. The number of hydrogen-bond donors (Lipinski definition) is 3. The van der Waals surface area contributed by atoms with E-state index in [0.29, 0.717) is 0 Å². The summed E-state index contributed by atoms with van der Waals surface area (Å²) >= 11 is 0. The standard InChI is InChI=1S/C13H15NO4/c1-9-4-2-3-5-10(9)6-7-12(16)14-8-11(15)13(17)18/h2-7,11,15H,8H2,1H3,(H,14,16)(H,17,18)/b7-6+/t11-/m0/s1. The van der Waals surface area contributed by atoms with E-state index in [2.05, 4.69) is 5.32 Å². The Bertz CT molecular complexity index is 468. The third kappa shape index (κ3) is 4.39. The van der Waals surface area contributed by atoms with Crippen LogP contribution in [0.2, 0.25) is 0 Å². The Morgan fingerprint density at radius 2 is 2.06 bits per heavy atom. The van der Waals surface area contributed by atoms with E-state index in [-0.39, 0.29) is 6.54 Å². The van der Waals surface area contributed by atoms with Crippen molar-refractivity contribution in [2.75, 3.05) is 6.54 Å². The van der Waals surface area contributed by atoms with Crippen molar-refractivity contribution in [2.24, 2.45) is 0 Å². The molecule has 0 radical (unpaired) electrons. The van der Waals surface area contributed by atoms with Gasteiger partial charge in [-0.25, -0.2) is 4.79 Å². The van der Waals surface area contributed by atoms with Gasteiger partial charge < -0.3 is 15.5 Å². The van der Waals surface area contributed by atoms with Gasteiger partial charge in [-0.1, -0.05) is 24.3 Å². The highest BCUT2D eigenvalue weighted by Crippen LogP contribution is 2.08. The van der Waals surface area contributed by atoms with Crippen LogP contribution in [-0.4, -0.2) is 34.7 Å². The molecule has 0 unspecified atom stereocenters. The van der Waals surface area contributed by atoms with Crippen LogP contribution in [-0.2, 0) is 9.59 Å². The van der Waals surface area contributed by atoms with Crippen molar-refractivity contribution in [2.45, 2.75) is 13.0 Å². The number of nitrogens with one attached hydrogen (secondary N) is 1. The van der Waals surface area contributed by atoms with Crippen molar-refractivity contribution in [3.05, 3.63) is 41.5 Å². The van der Waals surface area contributed by atoms with E-state index in [1.165, 1.54) is 6.08 Å². The van der Waals surface area contributed by atoms with Crippen molar-refractivity contribution in [1.82, 2.24) is 5.32 Å². The van der Waals surface area contributed by atoms with Gasteiger partial charge in [-0.15, -0.1) is 0 Å². The van der Waals surface area contributed by atoms with E-state index < -0.39 is 18.0 Å². The summed E-state index contributed by atoms with van der Waals surface area (Å²) in [7, 11) is 0. The number of hydrogen-bond acceptors (Lipinski definition) is 3. The lowest BCUT2D eigenvalue weighted by Crippen LogP contribution is -2.35. The minimum atomic E-state index is -1.58. The highest BCUT2D eigenvalue weighted by molar-refractivity contribution is 5.92. The Morgan fingerprint density at radius 3 is 2.67 bits per heavy atom. The lowest BCUT2D eigenvalue weighted by Gasteiger charge is -2.05. The van der Waals surface area contributed by atoms with Crippen LogP contribution < -0.4 is 5.32 Å². The zero-order chi connectivity index (χ0) is 13.5. The van der Waals surface area contributed by atoms with Crippen LogP contribution >= 0.6 is 0 Å². The smallest absolute Gasteiger partial charge is 0.334 e. The molecule has 1 amide bonds. The van der Waals surface area contributed by atoms with Gasteiger partial charge in [-0.2, -0.15) is 0 Å². The van der Waals surface area contributed by atoms with E-state index >= 15 is 0 Å². The molecule has 0 saturated heterocycles. The van der Waals surface area contributed by atoms with Crippen LogP contribution in [0.25, 0.3) is 6.08 Å². The summed E-state index contributed by atoms with van der Waals surface area (Å²) in [5.74, 6) is -1.81. The molecule has 1 rings (SSSR count). The number of carbonyl (C=O) groups excluding carboxylic acids is 1. The molecule has 5 heteroatoms. The zero-order valence-electron chi connectivity index (χ0n) is 9.96. The number of carboxylic acid groups (broad SMARTS) is 1. The highest BCUT2D eigenvalue weighted by Gasteiger charge is 2.12. The van der Waals surface area contributed by atoms with Crippen molar-refractivity contribution >= 4 is 18.0 Å². The molecule has 0 aliphatic heterocycles. The maximum absolute atomic E-state index is 11.4. The average molecular weight is 249 g/mol. The van der Waals surface area contributed by atoms with Crippen molar-refractivity contribution in [3.63, 3.8) is 0 Å². The van der Waals surface area contributed by atoms with Gasteiger partial charge in [0.05, 0.1) is 6.54 Å². The number of aliphatic hydroxyl groups is 1. The second-order valence-electron chi connectivity index (χ2n) is 3.79. The van der Waals surface area contributed by atoms with Crippen LogP contribution in [0.5, 0.6) is 0 Å². The molecule has 0 fully saturated rings. The number of aliphatic hydroxyl groups excluding tert-OH is 1. The van der Waals surface area contributed by atoms with E-state index in [1.807, 2.05) is 31.2 Å². The molecular formula is C13H15NO4. The van der Waals surface area contributed by atoms with E-state index in [1.54, 1.807) is 6.08 Å². The first kappa shape index (κ1) is 13.9. The molecule has 0 aliphatic carbocycles.